The normalized spacial score (nSPS) is 27.9. The van der Waals surface area contributed by atoms with Crippen LogP contribution in [0.15, 0.2) is 35.7 Å². The van der Waals surface area contributed by atoms with Crippen LogP contribution in [0.1, 0.15) is 50.6 Å². The van der Waals surface area contributed by atoms with E-state index in [1.165, 1.54) is 44.9 Å². The van der Waals surface area contributed by atoms with Crippen molar-refractivity contribution in [3.63, 3.8) is 0 Å². The number of allylic oxidation sites excluding steroid dienone is 3. The largest absolute Gasteiger partial charge is 0.431 e. The van der Waals surface area contributed by atoms with E-state index in [-0.39, 0.29) is 16.9 Å². The number of aromatic nitrogens is 3. The van der Waals surface area contributed by atoms with Gasteiger partial charge in [-0.25, -0.2) is 9.97 Å². The van der Waals surface area contributed by atoms with E-state index < -0.39 is 11.9 Å². The minimum Gasteiger partial charge on any atom is -0.383 e. The van der Waals surface area contributed by atoms with Crippen molar-refractivity contribution in [1.29, 1.82) is 0 Å². The minimum absolute atomic E-state index is 0.0294. The lowest BCUT2D eigenvalue weighted by Crippen LogP contribution is -2.51. The number of aromatic amines is 1. The predicted molar refractivity (Wildman–Crippen MR) is 116 cm³/mol. The fraction of sp³-hybridized carbons (Fsp3) is 0.565. The number of fused-ring (bicyclic) bond motifs is 3. The number of hydrogen-bond donors (Lipinski definition) is 2. The molecule has 2 aliphatic carbocycles. The van der Waals surface area contributed by atoms with Crippen molar-refractivity contribution in [3.05, 3.63) is 41.4 Å². The van der Waals surface area contributed by atoms with Gasteiger partial charge in [0.15, 0.2) is 0 Å². The highest BCUT2D eigenvalue weighted by atomic mass is 19.4. The zero-order chi connectivity index (χ0) is 22.3. The Morgan fingerprint density at radius 1 is 1.06 bits per heavy atom. The molecule has 3 N–H and O–H groups in total. The second kappa shape index (κ2) is 8.51. The van der Waals surface area contributed by atoms with Crippen LogP contribution in [-0.2, 0) is 10.9 Å². The fourth-order valence-corrected chi connectivity index (χ4v) is 5.58. The third-order valence-electron chi connectivity index (χ3n) is 7.10. The molecule has 0 saturated carbocycles. The first kappa shape index (κ1) is 21.5. The maximum absolute atomic E-state index is 12.2. The van der Waals surface area contributed by atoms with Crippen molar-refractivity contribution in [1.82, 2.24) is 19.9 Å². The summed E-state index contributed by atoms with van der Waals surface area (Å²) >= 11 is 0. The van der Waals surface area contributed by atoms with Gasteiger partial charge >= 0.3 is 6.18 Å². The smallest absolute Gasteiger partial charge is 0.383 e. The number of nitrogens with zero attached hydrogens (tertiary/aromatic N) is 3. The molecule has 6 nitrogen and oxygen atoms in total. The van der Waals surface area contributed by atoms with Crippen molar-refractivity contribution in [2.45, 2.75) is 69.2 Å². The molecule has 2 aromatic heterocycles. The van der Waals surface area contributed by atoms with Crippen LogP contribution in [0.5, 0.6) is 0 Å². The number of rotatable bonds is 1. The van der Waals surface area contributed by atoms with Crippen LogP contribution < -0.4 is 5.73 Å². The van der Waals surface area contributed by atoms with Gasteiger partial charge in [0, 0.05) is 18.1 Å². The molecule has 3 atom stereocenters. The number of halogens is 3. The van der Waals surface area contributed by atoms with Gasteiger partial charge in [-0.3, -0.25) is 4.90 Å². The highest BCUT2D eigenvalue weighted by molar-refractivity contribution is 5.86. The maximum Gasteiger partial charge on any atom is 0.431 e. The molecule has 2 aliphatic heterocycles. The molecule has 0 aromatic carbocycles. The molecule has 2 bridgehead atoms. The Morgan fingerprint density at radius 2 is 1.84 bits per heavy atom. The third kappa shape index (κ3) is 4.15. The zero-order valence-corrected chi connectivity index (χ0v) is 17.9. The van der Waals surface area contributed by atoms with Gasteiger partial charge in [-0.2, -0.15) is 13.2 Å². The van der Waals surface area contributed by atoms with E-state index in [9.17, 15) is 13.2 Å². The molecular weight excluding hydrogens is 419 g/mol. The number of ether oxygens (including phenoxy) is 1. The molecule has 4 heterocycles. The predicted octanol–water partition coefficient (Wildman–Crippen LogP) is 4.61. The summed E-state index contributed by atoms with van der Waals surface area (Å²) in [6, 6.07) is 3.14. The van der Waals surface area contributed by atoms with Crippen LogP contribution in [0.3, 0.4) is 0 Å². The fourth-order valence-electron chi connectivity index (χ4n) is 5.58. The van der Waals surface area contributed by atoms with E-state index >= 15 is 0 Å². The van der Waals surface area contributed by atoms with E-state index in [4.69, 9.17) is 10.5 Å². The van der Waals surface area contributed by atoms with Gasteiger partial charge in [0.05, 0.1) is 18.6 Å². The van der Waals surface area contributed by atoms with Crippen LogP contribution in [-0.4, -0.2) is 51.2 Å². The highest BCUT2D eigenvalue weighted by Gasteiger charge is 2.42. The molecule has 0 spiro atoms. The molecule has 2 aromatic rings. The molecular formula is C23H28F3N5O. The number of anilines is 1. The van der Waals surface area contributed by atoms with Crippen molar-refractivity contribution in [2.75, 3.05) is 18.9 Å². The summed E-state index contributed by atoms with van der Waals surface area (Å²) in [5, 5.41) is 0.180. The molecule has 2 saturated heterocycles. The van der Waals surface area contributed by atoms with Crippen LogP contribution in [0.4, 0.5) is 19.0 Å². The number of morpholine rings is 1. The van der Waals surface area contributed by atoms with E-state index in [1.54, 1.807) is 11.1 Å². The van der Waals surface area contributed by atoms with Crippen molar-refractivity contribution in [3.8, 4) is 0 Å². The molecule has 0 amide bonds. The van der Waals surface area contributed by atoms with Gasteiger partial charge in [-0.1, -0.05) is 17.7 Å². The summed E-state index contributed by atoms with van der Waals surface area (Å²) in [4.78, 5) is 12.2. The lowest BCUT2D eigenvalue weighted by Gasteiger charge is -2.43. The Hall–Kier alpha value is -2.39. The summed E-state index contributed by atoms with van der Waals surface area (Å²) in [5.74, 6) is 0.0294. The first-order valence-corrected chi connectivity index (χ1v) is 11.3. The van der Waals surface area contributed by atoms with Gasteiger partial charge in [0.25, 0.3) is 0 Å². The van der Waals surface area contributed by atoms with E-state index in [2.05, 4.69) is 32.0 Å². The molecule has 0 radical (unpaired) electrons. The summed E-state index contributed by atoms with van der Waals surface area (Å²) in [7, 11) is 0. The second-order valence-corrected chi connectivity index (χ2v) is 9.04. The number of nitrogens with one attached hydrogen (secondary N) is 1. The van der Waals surface area contributed by atoms with Crippen molar-refractivity contribution in [2.24, 2.45) is 0 Å². The first-order valence-electron chi connectivity index (χ1n) is 11.3. The van der Waals surface area contributed by atoms with Gasteiger partial charge in [0.2, 0.25) is 0 Å². The number of nitrogens with two attached hydrogens (primary N) is 1. The topological polar surface area (TPSA) is 80.1 Å². The highest BCUT2D eigenvalue weighted by Crippen LogP contribution is 2.39. The van der Waals surface area contributed by atoms with E-state index in [0.717, 1.165) is 43.7 Å². The zero-order valence-electron chi connectivity index (χ0n) is 17.9. The summed E-state index contributed by atoms with van der Waals surface area (Å²) in [6.07, 6.45) is 10.8. The first-order chi connectivity index (χ1) is 15.4. The number of hydrogen-bond acceptors (Lipinski definition) is 5. The minimum atomic E-state index is -4.42. The Kier molecular flexibility index (Phi) is 5.71. The van der Waals surface area contributed by atoms with Gasteiger partial charge < -0.3 is 15.5 Å². The van der Waals surface area contributed by atoms with Gasteiger partial charge in [0.1, 0.15) is 23.5 Å². The van der Waals surface area contributed by atoms with Crippen LogP contribution >= 0.6 is 0 Å². The van der Waals surface area contributed by atoms with Crippen LogP contribution in [0.25, 0.3) is 11.0 Å². The molecule has 9 heteroatoms. The SMILES string of the molecule is C1=CC2=C(CC1)CCC(N1C3CCC1COC3)C2.Nc1ncnc2[nH]c(C(F)(F)F)cc12. The number of H-pyrrole nitrogens is 1. The van der Waals surface area contributed by atoms with Gasteiger partial charge in [-0.15, -0.1) is 0 Å². The standard InChI is InChI=1S/C16H23NO.C7H5F3N4/c1-2-4-13-9-14(6-5-12(13)3-1)17-15-7-8-16(17)11-18-10-15;8-7(9,10)4-1-3-5(11)12-2-13-6(3)14-4/h2,4,14-16H,1,3,5-11H2;1-2H,(H3,11,12,13,14). The number of nitrogen functional groups attached to an aromatic ring is 1. The summed E-state index contributed by atoms with van der Waals surface area (Å²) in [5.41, 5.74) is 8.02. The monoisotopic (exact) mass is 447 g/mol. The molecule has 32 heavy (non-hydrogen) atoms. The average Bonchev–Trinajstić information content (AvgIpc) is 3.33. The average molecular weight is 448 g/mol. The molecule has 4 aliphatic rings. The van der Waals surface area contributed by atoms with Crippen molar-refractivity contribution >= 4 is 16.9 Å². The molecule has 172 valence electrons. The molecule has 3 unspecified atom stereocenters. The maximum atomic E-state index is 12.2. The lowest BCUT2D eigenvalue weighted by molar-refractivity contribution is -0.140. The Bertz CT molecular complexity index is 1030. The van der Waals surface area contributed by atoms with E-state index in [1.807, 2.05) is 0 Å². The third-order valence-corrected chi connectivity index (χ3v) is 7.10. The van der Waals surface area contributed by atoms with Crippen LogP contribution in [0, 0.1) is 0 Å². The van der Waals surface area contributed by atoms with Crippen molar-refractivity contribution < 1.29 is 17.9 Å². The van der Waals surface area contributed by atoms with E-state index in [0.29, 0.717) is 0 Å². The lowest BCUT2D eigenvalue weighted by atomic mass is 9.82. The second-order valence-electron chi connectivity index (χ2n) is 9.04. The molecule has 6 rings (SSSR count). The summed E-state index contributed by atoms with van der Waals surface area (Å²) < 4.78 is 42.4. The molecule has 2 fully saturated rings. The Labute approximate surface area is 184 Å². The Morgan fingerprint density at radius 3 is 2.56 bits per heavy atom. The number of alkyl halides is 3. The summed E-state index contributed by atoms with van der Waals surface area (Å²) in [6.45, 7) is 1.96. The Balaban J connectivity index is 0.000000140. The van der Waals surface area contributed by atoms with Gasteiger partial charge in [-0.05, 0) is 56.6 Å². The van der Waals surface area contributed by atoms with Crippen LogP contribution in [0.2, 0.25) is 0 Å². The quantitative estimate of drug-likeness (QED) is 0.668.